The Morgan fingerprint density at radius 3 is 2.44 bits per heavy atom. The van der Waals surface area contributed by atoms with Crippen molar-refractivity contribution in [3.8, 4) is 11.3 Å². The summed E-state index contributed by atoms with van der Waals surface area (Å²) in [6.45, 7) is 4.00. The zero-order valence-electron chi connectivity index (χ0n) is 10.2. The molecule has 0 amide bonds. The first-order valence-corrected chi connectivity index (χ1v) is 5.62. The van der Waals surface area contributed by atoms with Gasteiger partial charge in [0.05, 0.1) is 11.3 Å². The summed E-state index contributed by atoms with van der Waals surface area (Å²) < 4.78 is 12.9. The predicted octanol–water partition coefficient (Wildman–Crippen LogP) is 3.61. The van der Waals surface area contributed by atoms with Gasteiger partial charge in [-0.3, -0.25) is 4.98 Å². The van der Waals surface area contributed by atoms with E-state index >= 15 is 0 Å². The lowest BCUT2D eigenvalue weighted by atomic mass is 10.1. The van der Waals surface area contributed by atoms with Crippen molar-refractivity contribution < 1.29 is 14.3 Å². The molecular weight excluding hydrogens is 233 g/mol. The summed E-state index contributed by atoms with van der Waals surface area (Å²) in [5.41, 5.74) is 1.28. The van der Waals surface area contributed by atoms with Crippen LogP contribution < -0.4 is 0 Å². The van der Waals surface area contributed by atoms with Gasteiger partial charge in [0, 0.05) is 11.8 Å². The molecule has 1 heterocycles. The van der Waals surface area contributed by atoms with E-state index in [9.17, 15) is 9.18 Å². The molecule has 0 radical (unpaired) electrons. The number of aromatic nitrogens is 1. The van der Waals surface area contributed by atoms with Crippen LogP contribution in [0.1, 0.15) is 24.2 Å². The fourth-order valence-corrected chi connectivity index (χ4v) is 1.34. The molecule has 0 bridgehead atoms. The predicted molar refractivity (Wildman–Crippen MR) is 67.9 cm³/mol. The Kier molecular flexibility index (Phi) is 4.99. The highest BCUT2D eigenvalue weighted by Crippen LogP contribution is 2.17. The lowest BCUT2D eigenvalue weighted by molar-refractivity contribution is 0.0696. The van der Waals surface area contributed by atoms with Crippen LogP contribution in [0.2, 0.25) is 0 Å². The summed E-state index contributed by atoms with van der Waals surface area (Å²) in [4.78, 5) is 14.6. The topological polar surface area (TPSA) is 50.2 Å². The molecule has 3 nitrogen and oxygen atoms in total. The Bertz CT molecular complexity index is 524. The van der Waals surface area contributed by atoms with Gasteiger partial charge in [-0.2, -0.15) is 0 Å². The van der Waals surface area contributed by atoms with Crippen LogP contribution >= 0.6 is 0 Å². The minimum Gasteiger partial charge on any atom is -0.478 e. The van der Waals surface area contributed by atoms with Gasteiger partial charge >= 0.3 is 5.97 Å². The molecule has 1 N–H and O–H groups in total. The third-order valence-electron chi connectivity index (χ3n) is 2.13. The maximum atomic E-state index is 12.9. The molecule has 0 aliphatic carbocycles. The van der Waals surface area contributed by atoms with Gasteiger partial charge in [0.2, 0.25) is 0 Å². The Morgan fingerprint density at radius 1 is 1.22 bits per heavy atom. The average molecular weight is 247 g/mol. The molecule has 0 aliphatic heterocycles. The second kappa shape index (κ2) is 6.49. The zero-order valence-corrected chi connectivity index (χ0v) is 10.2. The van der Waals surface area contributed by atoms with E-state index in [2.05, 4.69) is 4.98 Å². The Balaban J connectivity index is 0.000000771. The smallest absolute Gasteiger partial charge is 0.337 e. The van der Waals surface area contributed by atoms with Crippen LogP contribution in [0, 0.1) is 5.82 Å². The monoisotopic (exact) mass is 247 g/mol. The van der Waals surface area contributed by atoms with Crippen molar-refractivity contribution in [1.82, 2.24) is 4.98 Å². The molecule has 94 valence electrons. The van der Waals surface area contributed by atoms with Crippen LogP contribution in [-0.2, 0) is 0 Å². The molecular formula is C14H14FNO2. The maximum absolute atomic E-state index is 12.9. The number of hydrogen-bond acceptors (Lipinski definition) is 2. The lowest BCUT2D eigenvalue weighted by Gasteiger charge is -2.01. The highest BCUT2D eigenvalue weighted by atomic mass is 19.1. The molecule has 0 fully saturated rings. The number of halogens is 1. The van der Waals surface area contributed by atoms with E-state index in [0.29, 0.717) is 11.3 Å². The van der Waals surface area contributed by atoms with Crippen molar-refractivity contribution in [2.24, 2.45) is 0 Å². The van der Waals surface area contributed by atoms with E-state index in [1.807, 2.05) is 13.8 Å². The SMILES string of the molecule is CC.O=C(O)c1ccc(-c2cccc(F)c2)nc1. The number of pyridine rings is 1. The molecule has 0 aliphatic rings. The fourth-order valence-electron chi connectivity index (χ4n) is 1.34. The number of nitrogens with zero attached hydrogens (tertiary/aromatic N) is 1. The van der Waals surface area contributed by atoms with Gasteiger partial charge in [0.25, 0.3) is 0 Å². The lowest BCUT2D eigenvalue weighted by Crippen LogP contribution is -1.97. The van der Waals surface area contributed by atoms with E-state index in [1.54, 1.807) is 18.2 Å². The van der Waals surface area contributed by atoms with E-state index < -0.39 is 5.97 Å². The molecule has 2 aromatic rings. The summed E-state index contributed by atoms with van der Waals surface area (Å²) in [7, 11) is 0. The van der Waals surface area contributed by atoms with Crippen molar-refractivity contribution in [3.63, 3.8) is 0 Å². The Hall–Kier alpha value is -2.23. The molecule has 0 saturated heterocycles. The summed E-state index contributed by atoms with van der Waals surface area (Å²) >= 11 is 0. The minimum atomic E-state index is -1.03. The molecule has 1 aromatic carbocycles. The zero-order chi connectivity index (χ0) is 13.5. The largest absolute Gasteiger partial charge is 0.478 e. The van der Waals surface area contributed by atoms with E-state index in [1.165, 1.54) is 24.4 Å². The van der Waals surface area contributed by atoms with Gasteiger partial charge in [-0.1, -0.05) is 26.0 Å². The molecule has 0 saturated carbocycles. The minimum absolute atomic E-state index is 0.111. The highest BCUT2D eigenvalue weighted by molar-refractivity contribution is 5.87. The molecule has 0 spiro atoms. The van der Waals surface area contributed by atoms with Crippen molar-refractivity contribution in [1.29, 1.82) is 0 Å². The third kappa shape index (κ3) is 3.38. The van der Waals surface area contributed by atoms with Crippen molar-refractivity contribution in [2.45, 2.75) is 13.8 Å². The standard InChI is InChI=1S/C12H8FNO2.C2H6/c13-10-3-1-2-8(6-10)11-5-4-9(7-14-11)12(15)16;1-2/h1-7H,(H,15,16);1-2H3. The summed E-state index contributed by atoms with van der Waals surface area (Å²) in [5.74, 6) is -1.38. The average Bonchev–Trinajstić information content (AvgIpc) is 2.41. The van der Waals surface area contributed by atoms with Crippen LogP contribution in [0.15, 0.2) is 42.6 Å². The number of aromatic carboxylic acids is 1. The van der Waals surface area contributed by atoms with Gasteiger partial charge in [-0.05, 0) is 24.3 Å². The van der Waals surface area contributed by atoms with E-state index in [4.69, 9.17) is 5.11 Å². The van der Waals surface area contributed by atoms with Gasteiger partial charge < -0.3 is 5.11 Å². The molecule has 18 heavy (non-hydrogen) atoms. The van der Waals surface area contributed by atoms with Crippen molar-refractivity contribution in [2.75, 3.05) is 0 Å². The van der Waals surface area contributed by atoms with Gasteiger partial charge in [0.1, 0.15) is 5.82 Å². The van der Waals surface area contributed by atoms with Crippen LogP contribution in [0.5, 0.6) is 0 Å². The first-order valence-electron chi connectivity index (χ1n) is 5.62. The van der Waals surface area contributed by atoms with Crippen LogP contribution in [0.3, 0.4) is 0 Å². The van der Waals surface area contributed by atoms with Gasteiger partial charge in [0.15, 0.2) is 0 Å². The number of hydrogen-bond donors (Lipinski definition) is 1. The second-order valence-corrected chi connectivity index (χ2v) is 3.25. The van der Waals surface area contributed by atoms with Crippen LogP contribution in [-0.4, -0.2) is 16.1 Å². The maximum Gasteiger partial charge on any atom is 0.337 e. The van der Waals surface area contributed by atoms with Crippen LogP contribution in [0.4, 0.5) is 4.39 Å². The first kappa shape index (κ1) is 13.8. The van der Waals surface area contributed by atoms with Gasteiger partial charge in [-0.15, -0.1) is 0 Å². The quantitative estimate of drug-likeness (QED) is 0.881. The van der Waals surface area contributed by atoms with E-state index in [-0.39, 0.29) is 11.4 Å². The first-order chi connectivity index (χ1) is 8.66. The summed E-state index contributed by atoms with van der Waals surface area (Å²) in [6, 6.07) is 8.98. The fraction of sp³-hybridized carbons (Fsp3) is 0.143. The van der Waals surface area contributed by atoms with Gasteiger partial charge in [-0.25, -0.2) is 9.18 Å². The number of benzene rings is 1. The Morgan fingerprint density at radius 2 is 1.94 bits per heavy atom. The van der Waals surface area contributed by atoms with E-state index in [0.717, 1.165) is 0 Å². The summed E-state index contributed by atoms with van der Waals surface area (Å²) in [5, 5.41) is 8.69. The normalized spacial score (nSPS) is 9.28. The second-order valence-electron chi connectivity index (χ2n) is 3.25. The van der Waals surface area contributed by atoms with Crippen LogP contribution in [0.25, 0.3) is 11.3 Å². The number of carboxylic acid groups (broad SMARTS) is 1. The molecule has 2 rings (SSSR count). The highest BCUT2D eigenvalue weighted by Gasteiger charge is 2.04. The number of carbonyl (C=O) groups is 1. The third-order valence-corrected chi connectivity index (χ3v) is 2.13. The molecule has 4 heteroatoms. The molecule has 1 aromatic heterocycles. The Labute approximate surface area is 105 Å². The molecule has 0 atom stereocenters. The summed E-state index contributed by atoms with van der Waals surface area (Å²) in [6.07, 6.45) is 1.25. The number of rotatable bonds is 2. The van der Waals surface area contributed by atoms with Crippen molar-refractivity contribution in [3.05, 3.63) is 54.0 Å². The molecule has 0 unspecified atom stereocenters. The van der Waals surface area contributed by atoms with Crippen molar-refractivity contribution >= 4 is 5.97 Å². The number of carboxylic acids is 1.